The van der Waals surface area contributed by atoms with Gasteiger partial charge in [0, 0.05) is 17.1 Å². The molecule has 2 rings (SSSR count). The first-order chi connectivity index (χ1) is 6.35. The first-order valence-electron chi connectivity index (χ1n) is 3.90. The minimum Gasteiger partial charge on any atom is -0.495 e. The van der Waals surface area contributed by atoms with Crippen molar-refractivity contribution < 1.29 is 4.74 Å². The number of aromatic amines is 1. The molecule has 1 aromatic heterocycles. The fourth-order valence-electron chi connectivity index (χ4n) is 1.34. The summed E-state index contributed by atoms with van der Waals surface area (Å²) in [6.07, 6.45) is 1.84. The third kappa shape index (κ3) is 1.13. The van der Waals surface area contributed by atoms with Gasteiger partial charge in [-0.05, 0) is 18.2 Å². The van der Waals surface area contributed by atoms with Gasteiger partial charge in [0.05, 0.1) is 12.7 Å². The average Bonchev–Trinajstić information content (AvgIpc) is 2.62. The molecule has 0 unspecified atom stereocenters. The topological polar surface area (TPSA) is 48.8 Å². The molecule has 0 spiro atoms. The SMILES string of the molecule is COc1cc2cc[nH]c2cc1C#N. The van der Waals surface area contributed by atoms with Crippen LogP contribution in [0.3, 0.4) is 0 Å². The summed E-state index contributed by atoms with van der Waals surface area (Å²) in [4.78, 5) is 3.04. The number of hydrogen-bond donors (Lipinski definition) is 1. The van der Waals surface area contributed by atoms with Crippen molar-refractivity contribution >= 4 is 10.9 Å². The van der Waals surface area contributed by atoms with Crippen molar-refractivity contribution in [2.24, 2.45) is 0 Å². The van der Waals surface area contributed by atoms with Crippen molar-refractivity contribution in [3.8, 4) is 11.8 Å². The van der Waals surface area contributed by atoms with Crippen molar-refractivity contribution in [3.05, 3.63) is 30.0 Å². The highest BCUT2D eigenvalue weighted by Gasteiger charge is 2.04. The molecular weight excluding hydrogens is 164 g/mol. The lowest BCUT2D eigenvalue weighted by Gasteiger charge is -2.01. The Labute approximate surface area is 75.6 Å². The standard InChI is InChI=1S/C10H8N2O/c1-13-10-5-7-2-3-12-9(7)4-8(10)6-11/h2-5,12H,1H3. The van der Waals surface area contributed by atoms with Crippen molar-refractivity contribution in [1.29, 1.82) is 5.26 Å². The van der Waals surface area contributed by atoms with Crippen molar-refractivity contribution in [1.82, 2.24) is 4.98 Å². The molecule has 0 saturated heterocycles. The van der Waals surface area contributed by atoms with Crippen LogP contribution in [-0.2, 0) is 0 Å². The molecule has 13 heavy (non-hydrogen) atoms. The number of rotatable bonds is 1. The highest BCUT2D eigenvalue weighted by molar-refractivity contribution is 5.83. The summed E-state index contributed by atoms with van der Waals surface area (Å²) in [7, 11) is 1.56. The smallest absolute Gasteiger partial charge is 0.137 e. The normalized spacial score (nSPS) is 9.85. The number of nitrogens with zero attached hydrogens (tertiary/aromatic N) is 1. The molecule has 0 bridgehead atoms. The largest absolute Gasteiger partial charge is 0.495 e. The molecule has 0 aliphatic rings. The summed E-state index contributed by atoms with van der Waals surface area (Å²) in [5, 5.41) is 9.85. The number of ether oxygens (including phenoxy) is 1. The molecule has 0 saturated carbocycles. The molecule has 0 fully saturated rings. The van der Waals surface area contributed by atoms with Crippen LogP contribution in [0.5, 0.6) is 5.75 Å². The monoisotopic (exact) mass is 172 g/mol. The predicted octanol–water partition coefficient (Wildman–Crippen LogP) is 2.05. The quantitative estimate of drug-likeness (QED) is 0.715. The van der Waals surface area contributed by atoms with Gasteiger partial charge in [-0.1, -0.05) is 0 Å². The third-order valence-electron chi connectivity index (χ3n) is 1.99. The van der Waals surface area contributed by atoms with Crippen LogP contribution in [0.2, 0.25) is 0 Å². The molecule has 1 aromatic carbocycles. The number of H-pyrrole nitrogens is 1. The van der Waals surface area contributed by atoms with Crippen molar-refractivity contribution in [2.45, 2.75) is 0 Å². The van der Waals surface area contributed by atoms with Gasteiger partial charge in [0.2, 0.25) is 0 Å². The van der Waals surface area contributed by atoms with E-state index in [-0.39, 0.29) is 0 Å². The second kappa shape index (κ2) is 2.83. The summed E-state index contributed by atoms with van der Waals surface area (Å²) < 4.78 is 5.08. The predicted molar refractivity (Wildman–Crippen MR) is 49.6 cm³/mol. The molecule has 0 atom stereocenters. The van der Waals surface area contributed by atoms with Gasteiger partial charge in [-0.25, -0.2) is 0 Å². The highest BCUT2D eigenvalue weighted by atomic mass is 16.5. The average molecular weight is 172 g/mol. The van der Waals surface area contributed by atoms with Crippen LogP contribution in [0.15, 0.2) is 24.4 Å². The van der Waals surface area contributed by atoms with Crippen molar-refractivity contribution in [2.75, 3.05) is 7.11 Å². The molecule has 0 aliphatic carbocycles. The second-order valence-electron chi connectivity index (χ2n) is 2.73. The Balaban J connectivity index is 2.76. The maximum Gasteiger partial charge on any atom is 0.137 e. The van der Waals surface area contributed by atoms with E-state index in [0.29, 0.717) is 11.3 Å². The fraction of sp³-hybridized carbons (Fsp3) is 0.100. The highest BCUT2D eigenvalue weighted by Crippen LogP contribution is 2.24. The summed E-state index contributed by atoms with van der Waals surface area (Å²) in [5.74, 6) is 0.620. The van der Waals surface area contributed by atoms with E-state index in [1.54, 1.807) is 13.2 Å². The Morgan fingerprint density at radius 3 is 3.00 bits per heavy atom. The van der Waals surface area contributed by atoms with Gasteiger partial charge in [0.1, 0.15) is 11.8 Å². The molecule has 1 N–H and O–H groups in total. The molecule has 2 aromatic rings. The Hall–Kier alpha value is -1.95. The van der Waals surface area contributed by atoms with Gasteiger partial charge >= 0.3 is 0 Å². The first kappa shape index (κ1) is 7.69. The van der Waals surface area contributed by atoms with Gasteiger partial charge < -0.3 is 9.72 Å². The van der Waals surface area contributed by atoms with Gasteiger partial charge in [0.25, 0.3) is 0 Å². The second-order valence-corrected chi connectivity index (χ2v) is 2.73. The molecule has 0 amide bonds. The summed E-state index contributed by atoms with van der Waals surface area (Å²) >= 11 is 0. The van der Waals surface area contributed by atoms with E-state index in [1.165, 1.54) is 0 Å². The van der Waals surface area contributed by atoms with E-state index in [0.717, 1.165) is 10.9 Å². The molecule has 1 heterocycles. The van der Waals surface area contributed by atoms with Gasteiger partial charge in [-0.15, -0.1) is 0 Å². The number of nitrogens with one attached hydrogen (secondary N) is 1. The van der Waals surface area contributed by atoms with Crippen LogP contribution in [0, 0.1) is 11.3 Å². The molecular formula is C10H8N2O. The van der Waals surface area contributed by atoms with Gasteiger partial charge in [-0.3, -0.25) is 0 Å². The fourth-order valence-corrected chi connectivity index (χ4v) is 1.34. The van der Waals surface area contributed by atoms with E-state index >= 15 is 0 Å². The maximum atomic E-state index is 8.80. The number of hydrogen-bond acceptors (Lipinski definition) is 2. The Morgan fingerprint density at radius 2 is 2.31 bits per heavy atom. The van der Waals surface area contributed by atoms with Gasteiger partial charge in [0.15, 0.2) is 0 Å². The van der Waals surface area contributed by atoms with Crippen LogP contribution in [0.25, 0.3) is 10.9 Å². The zero-order valence-electron chi connectivity index (χ0n) is 7.16. The van der Waals surface area contributed by atoms with E-state index < -0.39 is 0 Å². The number of fused-ring (bicyclic) bond motifs is 1. The Morgan fingerprint density at radius 1 is 1.46 bits per heavy atom. The van der Waals surface area contributed by atoms with E-state index in [1.807, 2.05) is 18.3 Å². The third-order valence-corrected chi connectivity index (χ3v) is 1.99. The first-order valence-corrected chi connectivity index (χ1v) is 3.90. The lowest BCUT2D eigenvalue weighted by molar-refractivity contribution is 0.414. The summed E-state index contributed by atoms with van der Waals surface area (Å²) in [5.41, 5.74) is 1.51. The van der Waals surface area contributed by atoms with E-state index in [2.05, 4.69) is 11.1 Å². The number of benzene rings is 1. The lowest BCUT2D eigenvalue weighted by atomic mass is 10.1. The lowest BCUT2D eigenvalue weighted by Crippen LogP contribution is -1.87. The minimum absolute atomic E-state index is 0.553. The van der Waals surface area contributed by atoms with Gasteiger partial charge in [-0.2, -0.15) is 5.26 Å². The Kier molecular flexibility index (Phi) is 1.67. The number of nitriles is 1. The Bertz CT molecular complexity index is 479. The molecule has 0 aliphatic heterocycles. The summed E-state index contributed by atoms with van der Waals surface area (Å²) in [6.45, 7) is 0. The maximum absolute atomic E-state index is 8.80. The molecule has 3 nitrogen and oxygen atoms in total. The zero-order valence-corrected chi connectivity index (χ0v) is 7.16. The zero-order chi connectivity index (χ0) is 9.26. The molecule has 64 valence electrons. The van der Waals surface area contributed by atoms with E-state index in [9.17, 15) is 0 Å². The van der Waals surface area contributed by atoms with Crippen LogP contribution < -0.4 is 4.74 Å². The minimum atomic E-state index is 0.553. The van der Waals surface area contributed by atoms with Crippen LogP contribution in [0.4, 0.5) is 0 Å². The molecule has 0 radical (unpaired) electrons. The number of aromatic nitrogens is 1. The van der Waals surface area contributed by atoms with Crippen LogP contribution in [-0.4, -0.2) is 12.1 Å². The van der Waals surface area contributed by atoms with Crippen LogP contribution >= 0.6 is 0 Å². The molecule has 3 heteroatoms. The van der Waals surface area contributed by atoms with Crippen molar-refractivity contribution in [3.63, 3.8) is 0 Å². The number of methoxy groups -OCH3 is 1. The summed E-state index contributed by atoms with van der Waals surface area (Å²) in [6, 6.07) is 7.66. The van der Waals surface area contributed by atoms with Crippen LogP contribution in [0.1, 0.15) is 5.56 Å². The van der Waals surface area contributed by atoms with E-state index in [4.69, 9.17) is 10.00 Å².